The van der Waals surface area contributed by atoms with Crippen LogP contribution in [-0.2, 0) is 0 Å². The molecule has 1 fully saturated rings. The van der Waals surface area contributed by atoms with Crippen LogP contribution in [0.4, 0.5) is 5.82 Å². The number of aliphatic hydroxyl groups is 1. The van der Waals surface area contributed by atoms with Gasteiger partial charge in [-0.3, -0.25) is 0 Å². The molecule has 0 amide bonds. The summed E-state index contributed by atoms with van der Waals surface area (Å²) in [6.45, 7) is 4.90. The van der Waals surface area contributed by atoms with Crippen molar-refractivity contribution in [2.24, 2.45) is 5.41 Å². The van der Waals surface area contributed by atoms with Crippen LogP contribution in [0, 0.1) is 5.41 Å². The Morgan fingerprint density at radius 3 is 2.45 bits per heavy atom. The third-order valence-corrected chi connectivity index (χ3v) is 4.14. The Balaban J connectivity index is 1.90. The van der Waals surface area contributed by atoms with Gasteiger partial charge in [-0.2, -0.15) is 0 Å². The molecule has 0 aromatic carbocycles. The van der Waals surface area contributed by atoms with E-state index in [4.69, 9.17) is 5.11 Å². The second-order valence-corrected chi connectivity index (χ2v) is 6.48. The molecular weight excluding hydrogens is 256 g/mol. The fraction of sp³-hybridized carbons (Fsp3) is 0.600. The Bertz CT molecular complexity index is 472. The molecule has 1 aromatic heterocycles. The maximum atomic E-state index is 10.7. The zero-order valence-electron chi connectivity index (χ0n) is 12.0. The number of aromatic nitrogens is 1. The molecule has 3 N–H and O–H groups in total. The second-order valence-electron chi connectivity index (χ2n) is 6.48. The van der Waals surface area contributed by atoms with Crippen molar-refractivity contribution in [3.8, 4) is 0 Å². The van der Waals surface area contributed by atoms with Crippen molar-refractivity contribution in [2.45, 2.75) is 45.1 Å². The third-order valence-electron chi connectivity index (χ3n) is 4.14. The fourth-order valence-corrected chi connectivity index (χ4v) is 2.45. The summed E-state index contributed by atoms with van der Waals surface area (Å²) in [7, 11) is 0. The molecule has 0 spiro atoms. The molecule has 110 valence electrons. The van der Waals surface area contributed by atoms with Gasteiger partial charge in [0, 0.05) is 12.7 Å². The second kappa shape index (κ2) is 5.40. The van der Waals surface area contributed by atoms with Gasteiger partial charge < -0.3 is 15.5 Å². The Labute approximate surface area is 119 Å². The number of carboxylic acids is 1. The number of pyridine rings is 1. The number of nitrogens with one attached hydrogen (secondary N) is 1. The van der Waals surface area contributed by atoms with Gasteiger partial charge in [0.15, 0.2) is 0 Å². The lowest BCUT2D eigenvalue weighted by atomic mass is 9.71. The van der Waals surface area contributed by atoms with Crippen LogP contribution in [0.2, 0.25) is 0 Å². The van der Waals surface area contributed by atoms with E-state index >= 15 is 0 Å². The van der Waals surface area contributed by atoms with E-state index in [0.29, 0.717) is 17.8 Å². The summed E-state index contributed by atoms with van der Waals surface area (Å²) < 4.78 is 0. The molecule has 0 aliphatic heterocycles. The first-order valence-corrected chi connectivity index (χ1v) is 6.95. The lowest BCUT2D eigenvalue weighted by Gasteiger charge is -2.40. The Kier molecular flexibility index (Phi) is 3.99. The van der Waals surface area contributed by atoms with Crippen molar-refractivity contribution in [3.63, 3.8) is 0 Å². The van der Waals surface area contributed by atoms with Crippen molar-refractivity contribution in [1.29, 1.82) is 0 Å². The van der Waals surface area contributed by atoms with Gasteiger partial charge in [-0.15, -0.1) is 0 Å². The highest BCUT2D eigenvalue weighted by molar-refractivity contribution is 5.87. The smallest absolute Gasteiger partial charge is 0.337 e. The van der Waals surface area contributed by atoms with Crippen LogP contribution in [0.15, 0.2) is 18.3 Å². The Hall–Kier alpha value is -1.62. The van der Waals surface area contributed by atoms with Gasteiger partial charge in [0.25, 0.3) is 0 Å². The van der Waals surface area contributed by atoms with E-state index in [2.05, 4.69) is 24.1 Å². The molecule has 20 heavy (non-hydrogen) atoms. The average molecular weight is 278 g/mol. The maximum absolute atomic E-state index is 10.7. The van der Waals surface area contributed by atoms with Crippen LogP contribution >= 0.6 is 0 Å². The molecule has 1 aliphatic rings. The minimum atomic E-state index is -0.989. The lowest BCUT2D eigenvalue weighted by Crippen LogP contribution is -2.42. The van der Waals surface area contributed by atoms with Crippen LogP contribution in [0.5, 0.6) is 0 Å². The first kappa shape index (κ1) is 14.8. The molecule has 5 heteroatoms. The summed E-state index contributed by atoms with van der Waals surface area (Å²) in [6, 6.07) is 3.13. The van der Waals surface area contributed by atoms with E-state index in [-0.39, 0.29) is 5.56 Å². The molecular formula is C15H22N2O3. The summed E-state index contributed by atoms with van der Waals surface area (Å²) in [5, 5.41) is 22.4. The van der Waals surface area contributed by atoms with E-state index < -0.39 is 11.6 Å². The maximum Gasteiger partial charge on any atom is 0.337 e. The summed E-state index contributed by atoms with van der Waals surface area (Å²) in [6.07, 6.45) is 4.90. The highest BCUT2D eigenvalue weighted by atomic mass is 16.4. The third kappa shape index (κ3) is 3.70. The van der Waals surface area contributed by atoms with E-state index in [1.807, 2.05) is 0 Å². The van der Waals surface area contributed by atoms with E-state index in [1.54, 1.807) is 6.07 Å². The first-order chi connectivity index (χ1) is 9.30. The van der Waals surface area contributed by atoms with Crippen molar-refractivity contribution in [3.05, 3.63) is 23.9 Å². The number of nitrogens with zero attached hydrogens (tertiary/aromatic N) is 1. The number of carbonyl (C=O) groups is 1. The minimum Gasteiger partial charge on any atom is -0.478 e. The molecule has 0 radical (unpaired) electrons. The van der Waals surface area contributed by atoms with Crippen LogP contribution in [0.25, 0.3) is 0 Å². The highest BCUT2D eigenvalue weighted by Crippen LogP contribution is 2.40. The van der Waals surface area contributed by atoms with Crippen LogP contribution in [0.1, 0.15) is 49.9 Å². The number of rotatable bonds is 4. The SMILES string of the molecule is CC1(C)CCC(O)(CNc2ccc(C(=O)O)cn2)CC1. The lowest BCUT2D eigenvalue weighted by molar-refractivity contribution is -0.0145. The highest BCUT2D eigenvalue weighted by Gasteiger charge is 2.36. The summed E-state index contributed by atoms with van der Waals surface area (Å²) in [5.74, 6) is -0.398. The summed E-state index contributed by atoms with van der Waals surface area (Å²) >= 11 is 0. The topological polar surface area (TPSA) is 82.5 Å². The standard InChI is InChI=1S/C15H22N2O3/c1-14(2)5-7-15(20,8-6-14)10-17-12-4-3-11(9-16-12)13(18)19/h3-4,9,20H,5-8,10H2,1-2H3,(H,16,17)(H,18,19). The van der Waals surface area contributed by atoms with E-state index in [0.717, 1.165) is 25.7 Å². The molecule has 1 saturated carbocycles. The minimum absolute atomic E-state index is 0.161. The van der Waals surface area contributed by atoms with Crippen molar-refractivity contribution < 1.29 is 15.0 Å². The summed E-state index contributed by atoms with van der Waals surface area (Å²) in [4.78, 5) is 14.8. The van der Waals surface area contributed by atoms with Crippen molar-refractivity contribution in [2.75, 3.05) is 11.9 Å². The van der Waals surface area contributed by atoms with Gasteiger partial charge in [0.2, 0.25) is 0 Å². The van der Waals surface area contributed by atoms with Crippen LogP contribution in [0.3, 0.4) is 0 Å². The van der Waals surface area contributed by atoms with Gasteiger partial charge in [-0.25, -0.2) is 9.78 Å². The Morgan fingerprint density at radius 2 is 1.95 bits per heavy atom. The van der Waals surface area contributed by atoms with Crippen LogP contribution in [-0.4, -0.2) is 33.3 Å². The Morgan fingerprint density at radius 1 is 1.30 bits per heavy atom. The monoisotopic (exact) mass is 278 g/mol. The van der Waals surface area contributed by atoms with E-state index in [9.17, 15) is 9.90 Å². The molecule has 0 bridgehead atoms. The quantitative estimate of drug-likeness (QED) is 0.788. The molecule has 0 saturated heterocycles. The number of hydrogen-bond acceptors (Lipinski definition) is 4. The number of carboxylic acid groups (broad SMARTS) is 1. The van der Waals surface area contributed by atoms with Gasteiger partial charge >= 0.3 is 5.97 Å². The predicted octanol–water partition coefficient (Wildman–Crippen LogP) is 2.52. The zero-order valence-corrected chi connectivity index (χ0v) is 12.0. The van der Waals surface area contributed by atoms with Gasteiger partial charge in [-0.1, -0.05) is 13.8 Å². The van der Waals surface area contributed by atoms with E-state index in [1.165, 1.54) is 12.3 Å². The van der Waals surface area contributed by atoms with Gasteiger partial charge in [-0.05, 0) is 43.2 Å². The molecule has 5 nitrogen and oxygen atoms in total. The molecule has 2 rings (SSSR count). The van der Waals surface area contributed by atoms with Crippen molar-refractivity contribution in [1.82, 2.24) is 4.98 Å². The number of aromatic carboxylic acids is 1. The first-order valence-electron chi connectivity index (χ1n) is 6.95. The summed E-state index contributed by atoms with van der Waals surface area (Å²) in [5.41, 5.74) is -0.218. The normalized spacial score (nSPS) is 20.4. The molecule has 0 atom stereocenters. The fourth-order valence-electron chi connectivity index (χ4n) is 2.45. The van der Waals surface area contributed by atoms with Crippen LogP contribution < -0.4 is 5.32 Å². The molecule has 0 unspecified atom stereocenters. The number of hydrogen-bond donors (Lipinski definition) is 3. The molecule has 1 heterocycles. The molecule has 1 aliphatic carbocycles. The molecule has 1 aromatic rings. The average Bonchev–Trinajstić information content (AvgIpc) is 2.41. The van der Waals surface area contributed by atoms with Gasteiger partial charge in [0.1, 0.15) is 5.82 Å². The largest absolute Gasteiger partial charge is 0.478 e. The van der Waals surface area contributed by atoms with Gasteiger partial charge in [0.05, 0.1) is 11.2 Å². The van der Waals surface area contributed by atoms with Crippen molar-refractivity contribution >= 4 is 11.8 Å². The zero-order chi connectivity index (χ0) is 14.8. The number of anilines is 1. The predicted molar refractivity (Wildman–Crippen MR) is 76.9 cm³/mol.